The molecule has 0 spiro atoms. The lowest BCUT2D eigenvalue weighted by atomic mass is 10.3. The first-order valence-corrected chi connectivity index (χ1v) is 12.3. The molecule has 0 aliphatic heterocycles. The van der Waals surface area contributed by atoms with Gasteiger partial charge in [-0.3, -0.25) is 0 Å². The fourth-order valence-corrected chi connectivity index (χ4v) is 5.40. The molecule has 0 amide bonds. The van der Waals surface area contributed by atoms with Crippen molar-refractivity contribution in [2.45, 2.75) is 41.6 Å². The van der Waals surface area contributed by atoms with Crippen LogP contribution in [0.25, 0.3) is 0 Å². The summed E-state index contributed by atoms with van der Waals surface area (Å²) in [6.07, 6.45) is 2.49. The molecule has 0 atom stereocenters. The Labute approximate surface area is 152 Å². The van der Waals surface area contributed by atoms with Gasteiger partial charge in [0.25, 0.3) is 0 Å². The second-order valence-electron chi connectivity index (χ2n) is 6.29. The average Bonchev–Trinajstić information content (AvgIpc) is 2.62. The van der Waals surface area contributed by atoms with Crippen LogP contribution in [0.5, 0.6) is 0 Å². The summed E-state index contributed by atoms with van der Waals surface area (Å²) in [4.78, 5) is 2.50. The fraction of sp³-hybridized carbons (Fsp3) is 0.368. The average molecular weight is 380 g/mol. The van der Waals surface area contributed by atoms with Crippen LogP contribution in [-0.2, 0) is 9.84 Å². The van der Waals surface area contributed by atoms with E-state index in [9.17, 15) is 12.8 Å². The minimum Gasteiger partial charge on any atom is -0.375 e. The van der Waals surface area contributed by atoms with Crippen molar-refractivity contribution in [3.8, 4) is 0 Å². The smallest absolute Gasteiger partial charge is 0.206 e. The van der Waals surface area contributed by atoms with Crippen molar-refractivity contribution >= 4 is 25.0 Å². The van der Waals surface area contributed by atoms with Crippen LogP contribution >= 0.6 is 0 Å². The Bertz CT molecular complexity index is 761. The maximum absolute atomic E-state index is 13.0. The molecule has 2 aromatic carbocycles. The summed E-state index contributed by atoms with van der Waals surface area (Å²) in [5.41, 5.74) is 1.01. The van der Waals surface area contributed by atoms with E-state index in [2.05, 4.69) is 11.8 Å². The number of nitrogens with zero attached hydrogens (tertiary/aromatic N) is 1. The molecule has 0 heterocycles. The van der Waals surface area contributed by atoms with E-state index < -0.39 is 15.7 Å². The highest BCUT2D eigenvalue weighted by Crippen LogP contribution is 2.23. The van der Waals surface area contributed by atoms with Crippen molar-refractivity contribution in [2.24, 2.45) is 0 Å². The topological polar surface area (TPSA) is 37.4 Å². The van der Waals surface area contributed by atoms with Crippen LogP contribution in [0, 0.1) is 5.82 Å². The van der Waals surface area contributed by atoms with E-state index in [1.54, 1.807) is 12.1 Å². The van der Waals surface area contributed by atoms with Crippen molar-refractivity contribution in [3.05, 3.63) is 54.3 Å². The number of rotatable bonds is 9. The highest BCUT2D eigenvalue weighted by atomic mass is 32.2. The van der Waals surface area contributed by atoms with Crippen LogP contribution in [0.3, 0.4) is 0 Å². The summed E-state index contributed by atoms with van der Waals surface area (Å²) in [5, 5.41) is 0. The standard InChI is InChI=1S/C19H26FNO2SSi/c1-3-14-25-15-4-13-21(2)17-7-11-19(12-8-17)24(22,23)18-9-5-16(20)6-10-18/h5-12H,3-4,13-15,25H2,1-2H3. The summed E-state index contributed by atoms with van der Waals surface area (Å²) in [6.45, 7) is 3.22. The molecule has 0 bridgehead atoms. The molecule has 0 radical (unpaired) electrons. The van der Waals surface area contributed by atoms with Crippen LogP contribution in [0.1, 0.15) is 19.8 Å². The largest absolute Gasteiger partial charge is 0.375 e. The second-order valence-corrected chi connectivity index (χ2v) is 10.4. The van der Waals surface area contributed by atoms with Gasteiger partial charge in [0, 0.05) is 28.8 Å². The van der Waals surface area contributed by atoms with Crippen molar-refractivity contribution in [1.29, 1.82) is 0 Å². The Morgan fingerprint density at radius 1 is 0.960 bits per heavy atom. The molecule has 136 valence electrons. The van der Waals surface area contributed by atoms with Gasteiger partial charge in [0.05, 0.1) is 9.79 Å². The van der Waals surface area contributed by atoms with E-state index in [0.717, 1.165) is 24.4 Å². The molecule has 0 fully saturated rings. The van der Waals surface area contributed by atoms with E-state index >= 15 is 0 Å². The number of sulfone groups is 1. The lowest BCUT2D eigenvalue weighted by Gasteiger charge is -2.19. The maximum Gasteiger partial charge on any atom is 0.206 e. The molecule has 6 heteroatoms. The molecule has 2 rings (SSSR count). The van der Waals surface area contributed by atoms with Gasteiger partial charge in [-0.2, -0.15) is 0 Å². The quantitative estimate of drug-likeness (QED) is 0.377. The van der Waals surface area contributed by atoms with E-state index in [0.29, 0.717) is 0 Å². The summed E-state index contributed by atoms with van der Waals surface area (Å²) in [5.74, 6) is -0.446. The molecule has 2 aromatic rings. The molecule has 3 nitrogen and oxygen atoms in total. The lowest BCUT2D eigenvalue weighted by molar-refractivity contribution is 0.594. The van der Waals surface area contributed by atoms with Gasteiger partial charge in [-0.15, -0.1) is 0 Å². The van der Waals surface area contributed by atoms with Crippen molar-refractivity contribution in [2.75, 3.05) is 18.5 Å². The lowest BCUT2D eigenvalue weighted by Crippen LogP contribution is -2.18. The number of benzene rings is 2. The highest BCUT2D eigenvalue weighted by molar-refractivity contribution is 7.91. The number of halogens is 1. The predicted octanol–water partition coefficient (Wildman–Crippen LogP) is 3.90. The minimum absolute atomic E-state index is 0.0979. The normalized spacial score (nSPS) is 12.0. The molecule has 0 aromatic heterocycles. The van der Waals surface area contributed by atoms with Gasteiger partial charge in [0.15, 0.2) is 0 Å². The number of anilines is 1. The zero-order valence-corrected chi connectivity index (χ0v) is 17.1. The monoisotopic (exact) mass is 379 g/mol. The fourth-order valence-electron chi connectivity index (χ4n) is 2.71. The minimum atomic E-state index is -3.61. The highest BCUT2D eigenvalue weighted by Gasteiger charge is 2.17. The van der Waals surface area contributed by atoms with Gasteiger partial charge in [0.1, 0.15) is 5.82 Å². The van der Waals surface area contributed by atoms with E-state index in [4.69, 9.17) is 0 Å². The Hall–Kier alpha value is -1.66. The Kier molecular flexibility index (Phi) is 7.20. The summed E-state index contributed by atoms with van der Waals surface area (Å²) >= 11 is 0. The van der Waals surface area contributed by atoms with E-state index in [-0.39, 0.29) is 19.3 Å². The summed E-state index contributed by atoms with van der Waals surface area (Å²) in [6, 6.07) is 14.6. The van der Waals surface area contributed by atoms with Gasteiger partial charge < -0.3 is 4.90 Å². The van der Waals surface area contributed by atoms with Crippen LogP contribution < -0.4 is 4.90 Å². The third-order valence-electron chi connectivity index (χ3n) is 4.31. The zero-order chi connectivity index (χ0) is 18.3. The third kappa shape index (κ3) is 5.41. The van der Waals surface area contributed by atoms with Crippen LogP contribution in [-0.4, -0.2) is 31.5 Å². The van der Waals surface area contributed by atoms with Gasteiger partial charge in [-0.1, -0.05) is 25.4 Å². The van der Waals surface area contributed by atoms with Crippen LogP contribution in [0.2, 0.25) is 12.1 Å². The first kappa shape index (κ1) is 19.7. The summed E-state index contributed by atoms with van der Waals surface area (Å²) in [7, 11) is -1.47. The molecule has 25 heavy (non-hydrogen) atoms. The molecule has 0 saturated heterocycles. The van der Waals surface area contributed by atoms with Crippen molar-refractivity contribution < 1.29 is 12.8 Å². The number of hydrogen-bond donors (Lipinski definition) is 0. The molecular weight excluding hydrogens is 353 g/mol. The van der Waals surface area contributed by atoms with Crippen molar-refractivity contribution in [3.63, 3.8) is 0 Å². The third-order valence-corrected chi connectivity index (χ3v) is 8.30. The predicted molar refractivity (Wildman–Crippen MR) is 105 cm³/mol. The second kappa shape index (κ2) is 9.15. The molecule has 0 aliphatic rings. The Balaban J connectivity index is 2.02. The Morgan fingerprint density at radius 2 is 1.52 bits per heavy atom. The molecule has 0 aliphatic carbocycles. The SMILES string of the molecule is CCC[SiH2]CCCN(C)c1ccc(S(=O)(=O)c2ccc(F)cc2)cc1. The van der Waals surface area contributed by atoms with Gasteiger partial charge in [-0.05, 0) is 55.0 Å². The molecule has 0 unspecified atom stereocenters. The summed E-state index contributed by atoms with van der Waals surface area (Å²) < 4.78 is 38.1. The number of hydrogen-bond acceptors (Lipinski definition) is 3. The first-order chi connectivity index (χ1) is 11.9. The Morgan fingerprint density at radius 3 is 2.08 bits per heavy atom. The van der Waals surface area contributed by atoms with Crippen LogP contribution in [0.4, 0.5) is 10.1 Å². The van der Waals surface area contributed by atoms with Gasteiger partial charge in [0.2, 0.25) is 9.84 Å². The molecular formula is C19H26FNO2SSi. The molecule has 0 saturated carbocycles. The molecule has 0 N–H and O–H groups in total. The zero-order valence-electron chi connectivity index (χ0n) is 14.9. The van der Waals surface area contributed by atoms with Gasteiger partial charge in [-0.25, -0.2) is 12.8 Å². The first-order valence-electron chi connectivity index (χ1n) is 8.77. The van der Waals surface area contributed by atoms with E-state index in [1.807, 2.05) is 19.2 Å². The van der Waals surface area contributed by atoms with Crippen molar-refractivity contribution in [1.82, 2.24) is 0 Å². The van der Waals surface area contributed by atoms with Gasteiger partial charge >= 0.3 is 0 Å². The van der Waals surface area contributed by atoms with Crippen LogP contribution in [0.15, 0.2) is 58.3 Å². The maximum atomic E-state index is 13.0. The van der Waals surface area contributed by atoms with E-state index in [1.165, 1.54) is 37.1 Å².